The van der Waals surface area contributed by atoms with E-state index in [1.807, 2.05) is 0 Å². The van der Waals surface area contributed by atoms with E-state index >= 15 is 0 Å². The second kappa shape index (κ2) is 7.45. The quantitative estimate of drug-likeness (QED) is 0.798. The molecule has 108 valence electrons. The molecule has 1 aromatic carbocycles. The van der Waals surface area contributed by atoms with Gasteiger partial charge in [0, 0.05) is 6.54 Å². The predicted molar refractivity (Wildman–Crippen MR) is 83.8 cm³/mol. The number of nitrogens with zero attached hydrogens (tertiary/aromatic N) is 2. The summed E-state index contributed by atoms with van der Waals surface area (Å²) >= 11 is 0. The molecule has 1 fully saturated rings. The molecule has 2 atom stereocenters. The first-order valence-corrected chi connectivity index (χ1v) is 7.96. The zero-order chi connectivity index (χ0) is 14.4. The van der Waals surface area contributed by atoms with Crippen LogP contribution in [0.2, 0.25) is 0 Å². The van der Waals surface area contributed by atoms with Gasteiger partial charge in [0.25, 0.3) is 0 Å². The highest BCUT2D eigenvalue weighted by Gasteiger charge is 2.17. The van der Waals surface area contributed by atoms with Crippen LogP contribution >= 0.6 is 0 Å². The Hall–Kier alpha value is -1.33. The van der Waals surface area contributed by atoms with Crippen molar-refractivity contribution < 1.29 is 0 Å². The van der Waals surface area contributed by atoms with E-state index in [2.05, 4.69) is 49.1 Å². The summed E-state index contributed by atoms with van der Waals surface area (Å²) < 4.78 is 0. The monoisotopic (exact) mass is 270 g/mol. The maximum atomic E-state index is 9.46. The number of likely N-dealkylation sites (tertiary alicyclic amines) is 1. The minimum Gasteiger partial charge on any atom is -0.302 e. The van der Waals surface area contributed by atoms with Crippen molar-refractivity contribution in [3.63, 3.8) is 0 Å². The van der Waals surface area contributed by atoms with Gasteiger partial charge >= 0.3 is 0 Å². The molecule has 1 saturated heterocycles. The molecule has 0 saturated carbocycles. The number of hydrogen-bond acceptors (Lipinski definition) is 2. The van der Waals surface area contributed by atoms with E-state index in [9.17, 15) is 5.26 Å². The summed E-state index contributed by atoms with van der Waals surface area (Å²) in [6.45, 7) is 7.67. The van der Waals surface area contributed by atoms with E-state index in [1.54, 1.807) is 0 Å². The average Bonchev–Trinajstić information content (AvgIpc) is 2.53. The molecule has 0 radical (unpaired) electrons. The van der Waals surface area contributed by atoms with Crippen molar-refractivity contribution in [1.29, 1.82) is 5.26 Å². The smallest absolute Gasteiger partial charge is 0.0839 e. The average molecular weight is 270 g/mol. The minimum absolute atomic E-state index is 0.0130. The lowest BCUT2D eigenvalue weighted by atomic mass is 9.93. The summed E-state index contributed by atoms with van der Waals surface area (Å²) in [4.78, 5) is 2.44. The van der Waals surface area contributed by atoms with E-state index in [-0.39, 0.29) is 5.92 Å². The molecule has 2 rings (SSSR count). The van der Waals surface area contributed by atoms with Crippen molar-refractivity contribution in [2.75, 3.05) is 19.6 Å². The molecule has 2 nitrogen and oxygen atoms in total. The predicted octanol–water partition coefficient (Wildman–Crippen LogP) is 4.29. The zero-order valence-corrected chi connectivity index (χ0v) is 12.8. The second-order valence-electron chi connectivity index (χ2n) is 6.02. The van der Waals surface area contributed by atoms with Crippen LogP contribution in [0.15, 0.2) is 24.3 Å². The molecule has 0 aliphatic carbocycles. The van der Waals surface area contributed by atoms with E-state index in [4.69, 9.17) is 0 Å². The van der Waals surface area contributed by atoms with E-state index < -0.39 is 0 Å². The molecule has 0 amide bonds. The van der Waals surface area contributed by atoms with Gasteiger partial charge in [0.05, 0.1) is 12.0 Å². The summed E-state index contributed by atoms with van der Waals surface area (Å²) in [6, 6.07) is 11.2. The number of nitriles is 1. The van der Waals surface area contributed by atoms with Crippen LogP contribution in [0.1, 0.15) is 62.5 Å². The molecule has 0 aromatic heterocycles. The van der Waals surface area contributed by atoms with Crippen LogP contribution in [-0.4, -0.2) is 24.5 Å². The van der Waals surface area contributed by atoms with Gasteiger partial charge in [-0.2, -0.15) is 5.26 Å². The summed E-state index contributed by atoms with van der Waals surface area (Å²) in [5, 5.41) is 9.46. The first-order chi connectivity index (χ1) is 9.74. The summed E-state index contributed by atoms with van der Waals surface area (Å²) in [5.74, 6) is 0.616. The molecule has 1 aliphatic rings. The van der Waals surface area contributed by atoms with Crippen molar-refractivity contribution >= 4 is 0 Å². The lowest BCUT2D eigenvalue weighted by Gasteiger charge is -2.28. The Morgan fingerprint density at radius 1 is 1.10 bits per heavy atom. The highest BCUT2D eigenvalue weighted by atomic mass is 15.1. The Bertz CT molecular complexity index is 437. The van der Waals surface area contributed by atoms with Crippen LogP contribution < -0.4 is 0 Å². The van der Waals surface area contributed by atoms with Crippen LogP contribution in [0, 0.1) is 11.3 Å². The van der Waals surface area contributed by atoms with Crippen LogP contribution in [0.3, 0.4) is 0 Å². The first-order valence-electron chi connectivity index (χ1n) is 7.96. The SMILES string of the molecule is CCC(C)c1ccc(C(C#N)CN2CCCCC2)cc1. The Balaban J connectivity index is 2.02. The van der Waals surface area contributed by atoms with Gasteiger partial charge in [-0.15, -0.1) is 0 Å². The fourth-order valence-corrected chi connectivity index (χ4v) is 2.91. The fourth-order valence-electron chi connectivity index (χ4n) is 2.91. The molecule has 0 bridgehead atoms. The standard InChI is InChI=1S/C18H26N2/c1-3-15(2)16-7-9-17(10-8-16)18(13-19)14-20-11-5-4-6-12-20/h7-10,15,18H,3-6,11-12,14H2,1-2H3. The molecule has 0 spiro atoms. The molecule has 2 unspecified atom stereocenters. The van der Waals surface area contributed by atoms with Crippen LogP contribution in [0.25, 0.3) is 0 Å². The summed E-state index contributed by atoms with van der Waals surface area (Å²) in [7, 11) is 0. The van der Waals surface area contributed by atoms with Crippen LogP contribution in [0.4, 0.5) is 0 Å². The number of benzene rings is 1. The summed E-state index contributed by atoms with van der Waals surface area (Å²) in [6.07, 6.45) is 5.07. The number of rotatable bonds is 5. The van der Waals surface area contributed by atoms with Gasteiger partial charge < -0.3 is 4.90 Å². The van der Waals surface area contributed by atoms with E-state index in [0.717, 1.165) is 26.1 Å². The van der Waals surface area contributed by atoms with Gasteiger partial charge in [-0.25, -0.2) is 0 Å². The third-order valence-electron chi connectivity index (χ3n) is 4.57. The number of hydrogen-bond donors (Lipinski definition) is 0. The third-order valence-corrected chi connectivity index (χ3v) is 4.57. The fraction of sp³-hybridized carbons (Fsp3) is 0.611. The number of piperidine rings is 1. The molecule has 1 aromatic rings. The molecular formula is C18H26N2. The van der Waals surface area contributed by atoms with Gasteiger partial charge in [0.15, 0.2) is 0 Å². The molecule has 1 aliphatic heterocycles. The van der Waals surface area contributed by atoms with Gasteiger partial charge in [0.1, 0.15) is 0 Å². The van der Waals surface area contributed by atoms with Crippen molar-refractivity contribution in [2.24, 2.45) is 0 Å². The minimum atomic E-state index is 0.0130. The lowest BCUT2D eigenvalue weighted by molar-refractivity contribution is 0.225. The summed E-state index contributed by atoms with van der Waals surface area (Å²) in [5.41, 5.74) is 2.55. The van der Waals surface area contributed by atoms with Gasteiger partial charge in [0.2, 0.25) is 0 Å². The van der Waals surface area contributed by atoms with Crippen molar-refractivity contribution in [2.45, 2.75) is 51.4 Å². The zero-order valence-electron chi connectivity index (χ0n) is 12.8. The van der Waals surface area contributed by atoms with Crippen LogP contribution in [0.5, 0.6) is 0 Å². The third kappa shape index (κ3) is 3.84. The van der Waals surface area contributed by atoms with Gasteiger partial charge in [-0.05, 0) is 49.4 Å². The first kappa shape index (κ1) is 15.1. The molecule has 0 N–H and O–H groups in total. The van der Waals surface area contributed by atoms with Crippen molar-refractivity contribution in [3.05, 3.63) is 35.4 Å². The van der Waals surface area contributed by atoms with Gasteiger partial charge in [-0.3, -0.25) is 0 Å². The van der Waals surface area contributed by atoms with Crippen molar-refractivity contribution in [1.82, 2.24) is 4.90 Å². The Labute approximate surface area is 123 Å². The Morgan fingerprint density at radius 3 is 2.25 bits per heavy atom. The largest absolute Gasteiger partial charge is 0.302 e. The topological polar surface area (TPSA) is 27.0 Å². The van der Waals surface area contributed by atoms with E-state index in [1.165, 1.54) is 30.4 Å². The maximum Gasteiger partial charge on any atom is 0.0839 e. The van der Waals surface area contributed by atoms with Crippen LogP contribution in [-0.2, 0) is 0 Å². The molecule has 2 heteroatoms. The maximum absolute atomic E-state index is 9.46. The highest BCUT2D eigenvalue weighted by Crippen LogP contribution is 2.23. The van der Waals surface area contributed by atoms with E-state index in [0.29, 0.717) is 5.92 Å². The lowest BCUT2D eigenvalue weighted by Crippen LogP contribution is -2.33. The Morgan fingerprint density at radius 2 is 1.70 bits per heavy atom. The highest BCUT2D eigenvalue weighted by molar-refractivity contribution is 5.30. The molecule has 1 heterocycles. The van der Waals surface area contributed by atoms with Gasteiger partial charge in [-0.1, -0.05) is 44.5 Å². The Kier molecular flexibility index (Phi) is 5.61. The molecular weight excluding hydrogens is 244 g/mol. The van der Waals surface area contributed by atoms with Crippen molar-refractivity contribution in [3.8, 4) is 6.07 Å². The second-order valence-corrected chi connectivity index (χ2v) is 6.02. The molecule has 20 heavy (non-hydrogen) atoms. The normalized spacial score (nSPS) is 19.2.